The Labute approximate surface area is 62.9 Å². The molecule has 0 bridgehead atoms. The molecule has 0 saturated carbocycles. The average Bonchev–Trinajstić information content (AvgIpc) is 1.91. The fourth-order valence-corrected chi connectivity index (χ4v) is 0.840. The van der Waals surface area contributed by atoms with Crippen molar-refractivity contribution in [3.8, 4) is 0 Å². The van der Waals surface area contributed by atoms with Gasteiger partial charge in [0.05, 0.1) is 0 Å². The molecular formula is C9H15N. The molecule has 0 aromatic heterocycles. The lowest BCUT2D eigenvalue weighted by Crippen LogP contribution is -1.84. The van der Waals surface area contributed by atoms with Crippen molar-refractivity contribution in [3.05, 3.63) is 36.1 Å². The maximum atomic E-state index is 5.21. The smallest absolute Gasteiger partial charge is 0.00565 e. The van der Waals surface area contributed by atoms with Crippen LogP contribution in [-0.2, 0) is 0 Å². The number of rotatable bonds is 3. The zero-order valence-electron chi connectivity index (χ0n) is 6.72. The highest BCUT2D eigenvalue weighted by Gasteiger charge is 1.92. The minimum Gasteiger partial charge on any atom is -0.405 e. The summed E-state index contributed by atoms with van der Waals surface area (Å²) in [6.45, 7) is 7.96. The molecule has 1 heteroatoms. The van der Waals surface area contributed by atoms with Gasteiger partial charge in [0.25, 0.3) is 0 Å². The van der Waals surface area contributed by atoms with Crippen LogP contribution in [0.25, 0.3) is 0 Å². The average molecular weight is 137 g/mol. The van der Waals surface area contributed by atoms with Crippen LogP contribution in [0.4, 0.5) is 0 Å². The van der Waals surface area contributed by atoms with Crippen LogP contribution in [-0.4, -0.2) is 0 Å². The molecule has 0 saturated heterocycles. The van der Waals surface area contributed by atoms with E-state index in [1.165, 1.54) is 11.8 Å². The molecule has 0 radical (unpaired) electrons. The topological polar surface area (TPSA) is 26.0 Å². The van der Waals surface area contributed by atoms with Crippen molar-refractivity contribution >= 4 is 0 Å². The van der Waals surface area contributed by atoms with E-state index >= 15 is 0 Å². The Balaban J connectivity index is 4.18. The summed E-state index contributed by atoms with van der Waals surface area (Å²) in [7, 11) is 0. The Hall–Kier alpha value is -0.980. The monoisotopic (exact) mass is 137 g/mol. The van der Waals surface area contributed by atoms with Gasteiger partial charge in [-0.05, 0) is 36.8 Å². The first-order chi connectivity index (χ1) is 4.76. The quantitative estimate of drug-likeness (QED) is 0.594. The maximum absolute atomic E-state index is 5.21. The number of allylic oxidation sites excluding steroid dienone is 4. The molecule has 2 N–H and O–H groups in total. The Morgan fingerprint density at radius 3 is 2.50 bits per heavy atom. The van der Waals surface area contributed by atoms with Gasteiger partial charge in [-0.3, -0.25) is 0 Å². The van der Waals surface area contributed by atoms with Crippen LogP contribution in [0.15, 0.2) is 36.1 Å². The van der Waals surface area contributed by atoms with Crippen LogP contribution in [0, 0.1) is 0 Å². The minimum atomic E-state index is 1.01. The molecular weight excluding hydrogens is 122 g/mol. The lowest BCUT2D eigenvalue weighted by atomic mass is 10.1. The van der Waals surface area contributed by atoms with E-state index < -0.39 is 0 Å². The molecule has 0 aliphatic carbocycles. The second kappa shape index (κ2) is 4.86. The second-order valence-electron chi connectivity index (χ2n) is 2.05. The fourth-order valence-electron chi connectivity index (χ4n) is 0.840. The third-order valence-electron chi connectivity index (χ3n) is 1.44. The van der Waals surface area contributed by atoms with Gasteiger partial charge in [0.1, 0.15) is 0 Å². The number of nitrogens with two attached hydrogens (primary N) is 1. The molecule has 56 valence electrons. The molecule has 0 heterocycles. The molecule has 0 aromatic rings. The Kier molecular flexibility index (Phi) is 4.38. The van der Waals surface area contributed by atoms with Gasteiger partial charge in [0, 0.05) is 0 Å². The summed E-state index contributed by atoms with van der Waals surface area (Å²) in [5.41, 5.74) is 7.47. The molecule has 0 aliphatic rings. The van der Waals surface area contributed by atoms with E-state index in [0.717, 1.165) is 12.0 Å². The highest BCUT2D eigenvalue weighted by Crippen LogP contribution is 2.11. The predicted molar refractivity (Wildman–Crippen MR) is 46.5 cm³/mol. The predicted octanol–water partition coefficient (Wildman–Crippen LogP) is 2.37. The second-order valence-corrected chi connectivity index (χ2v) is 2.05. The van der Waals surface area contributed by atoms with E-state index in [4.69, 9.17) is 5.73 Å². The van der Waals surface area contributed by atoms with Crippen molar-refractivity contribution in [2.75, 3.05) is 0 Å². The van der Waals surface area contributed by atoms with Gasteiger partial charge in [-0.25, -0.2) is 0 Å². The van der Waals surface area contributed by atoms with E-state index in [1.807, 2.05) is 13.0 Å². The molecule has 0 aliphatic heterocycles. The third kappa shape index (κ3) is 2.53. The first-order valence-electron chi connectivity index (χ1n) is 3.49. The maximum Gasteiger partial charge on any atom is -0.00565 e. The Morgan fingerprint density at radius 2 is 2.20 bits per heavy atom. The van der Waals surface area contributed by atoms with Crippen molar-refractivity contribution in [2.45, 2.75) is 20.3 Å². The molecule has 1 nitrogen and oxygen atoms in total. The van der Waals surface area contributed by atoms with Crippen LogP contribution in [0.2, 0.25) is 0 Å². The fraction of sp³-hybridized carbons (Fsp3) is 0.333. The third-order valence-corrected chi connectivity index (χ3v) is 1.44. The lowest BCUT2D eigenvalue weighted by Gasteiger charge is -2.00. The molecule has 10 heavy (non-hydrogen) atoms. The molecule has 0 amide bonds. The Morgan fingerprint density at radius 1 is 1.60 bits per heavy atom. The van der Waals surface area contributed by atoms with Crippen molar-refractivity contribution in [1.29, 1.82) is 0 Å². The first kappa shape index (κ1) is 9.02. The lowest BCUT2D eigenvalue weighted by molar-refractivity contribution is 1.12. The van der Waals surface area contributed by atoms with Crippen LogP contribution < -0.4 is 5.73 Å². The first-order valence-corrected chi connectivity index (χ1v) is 3.49. The SMILES string of the molecule is C=C(/C=C\N)/C(=C\C)CC. The van der Waals surface area contributed by atoms with Gasteiger partial charge >= 0.3 is 0 Å². The summed E-state index contributed by atoms with van der Waals surface area (Å²) >= 11 is 0. The van der Waals surface area contributed by atoms with Crippen molar-refractivity contribution < 1.29 is 0 Å². The zero-order valence-corrected chi connectivity index (χ0v) is 6.72. The molecule has 0 aromatic carbocycles. The normalized spacial score (nSPS) is 12.4. The van der Waals surface area contributed by atoms with E-state index in [0.29, 0.717) is 0 Å². The summed E-state index contributed by atoms with van der Waals surface area (Å²) in [6, 6.07) is 0. The van der Waals surface area contributed by atoms with E-state index in [-0.39, 0.29) is 0 Å². The van der Waals surface area contributed by atoms with Gasteiger partial charge in [-0.15, -0.1) is 0 Å². The summed E-state index contributed by atoms with van der Waals surface area (Å²) in [4.78, 5) is 0. The molecule has 0 atom stereocenters. The summed E-state index contributed by atoms with van der Waals surface area (Å²) in [5.74, 6) is 0. The van der Waals surface area contributed by atoms with Gasteiger partial charge in [0.15, 0.2) is 0 Å². The largest absolute Gasteiger partial charge is 0.405 e. The van der Waals surface area contributed by atoms with Gasteiger partial charge in [0.2, 0.25) is 0 Å². The number of hydrogen-bond donors (Lipinski definition) is 1. The highest BCUT2D eigenvalue weighted by atomic mass is 14.5. The molecule has 0 fully saturated rings. The molecule has 0 rings (SSSR count). The summed E-state index contributed by atoms with van der Waals surface area (Å²) in [6.07, 6.45) is 6.41. The van der Waals surface area contributed by atoms with Crippen LogP contribution in [0.3, 0.4) is 0 Å². The minimum absolute atomic E-state index is 1.01. The van der Waals surface area contributed by atoms with Crippen molar-refractivity contribution in [3.63, 3.8) is 0 Å². The van der Waals surface area contributed by atoms with Gasteiger partial charge < -0.3 is 5.73 Å². The van der Waals surface area contributed by atoms with E-state index in [1.54, 1.807) is 0 Å². The van der Waals surface area contributed by atoms with Gasteiger partial charge in [-0.2, -0.15) is 0 Å². The van der Waals surface area contributed by atoms with Crippen molar-refractivity contribution in [1.82, 2.24) is 0 Å². The molecule has 0 unspecified atom stereocenters. The van der Waals surface area contributed by atoms with E-state index in [2.05, 4.69) is 19.6 Å². The standard InChI is InChI=1S/C9H15N/c1-4-9(5-2)8(3)6-7-10/h4,6-7H,3,5,10H2,1-2H3/b7-6-,9-4-. The van der Waals surface area contributed by atoms with E-state index in [9.17, 15) is 0 Å². The van der Waals surface area contributed by atoms with Gasteiger partial charge in [-0.1, -0.05) is 19.6 Å². The number of hydrogen-bond acceptors (Lipinski definition) is 1. The zero-order chi connectivity index (χ0) is 7.98. The Bertz CT molecular complexity index is 164. The highest BCUT2D eigenvalue weighted by molar-refractivity contribution is 5.36. The molecule has 0 spiro atoms. The van der Waals surface area contributed by atoms with Crippen LogP contribution in [0.1, 0.15) is 20.3 Å². The summed E-state index contributed by atoms with van der Waals surface area (Å²) < 4.78 is 0. The van der Waals surface area contributed by atoms with Crippen LogP contribution >= 0.6 is 0 Å². The summed E-state index contributed by atoms with van der Waals surface area (Å²) in [5, 5.41) is 0. The van der Waals surface area contributed by atoms with Crippen molar-refractivity contribution in [2.24, 2.45) is 5.73 Å². The van der Waals surface area contributed by atoms with Crippen LogP contribution in [0.5, 0.6) is 0 Å².